The van der Waals surface area contributed by atoms with Gasteiger partial charge in [0, 0.05) is 19.0 Å². The van der Waals surface area contributed by atoms with Gasteiger partial charge >= 0.3 is 0 Å². The van der Waals surface area contributed by atoms with Gasteiger partial charge < -0.3 is 18.9 Å². The Balaban J connectivity index is 2.24. The van der Waals surface area contributed by atoms with Crippen LogP contribution in [0, 0.1) is 0 Å². The van der Waals surface area contributed by atoms with Gasteiger partial charge in [-0.25, -0.2) is 0 Å². The van der Waals surface area contributed by atoms with Crippen LogP contribution in [0.1, 0.15) is 37.7 Å². The maximum atomic E-state index is 5.64. The number of unbranched alkanes of at least 4 members (excludes halogenated alkanes) is 3. The molecule has 1 aromatic carbocycles. The average molecular weight is 401 g/mol. The highest BCUT2D eigenvalue weighted by Crippen LogP contribution is 2.28. The standard InChI is InChI=1S/C19H29BrO4/c1-21-16-24-18-11-10-17(15-19(18)22-2)9-5-8-14-23-13-7-4-3-6-12-20/h5,9-11,15H,3-4,6-8,12-14,16H2,1-2H3/b9-5+. The van der Waals surface area contributed by atoms with E-state index in [1.165, 1.54) is 19.3 Å². The fourth-order valence-electron chi connectivity index (χ4n) is 2.15. The quantitative estimate of drug-likeness (QED) is 0.248. The maximum absolute atomic E-state index is 5.64. The van der Waals surface area contributed by atoms with E-state index in [9.17, 15) is 0 Å². The summed E-state index contributed by atoms with van der Waals surface area (Å²) in [5.74, 6) is 1.38. The van der Waals surface area contributed by atoms with Crippen LogP contribution in [-0.2, 0) is 9.47 Å². The molecule has 0 saturated heterocycles. The summed E-state index contributed by atoms with van der Waals surface area (Å²) in [4.78, 5) is 0. The molecule has 0 bridgehead atoms. The van der Waals surface area contributed by atoms with E-state index in [1.54, 1.807) is 14.2 Å². The summed E-state index contributed by atoms with van der Waals surface area (Å²) < 4.78 is 21.3. The third-order valence-corrected chi connectivity index (χ3v) is 3.99. The topological polar surface area (TPSA) is 36.9 Å². The monoisotopic (exact) mass is 400 g/mol. The fourth-order valence-corrected chi connectivity index (χ4v) is 2.55. The largest absolute Gasteiger partial charge is 0.493 e. The minimum Gasteiger partial charge on any atom is -0.493 e. The summed E-state index contributed by atoms with van der Waals surface area (Å²) in [5.41, 5.74) is 1.08. The zero-order chi connectivity index (χ0) is 17.5. The van der Waals surface area contributed by atoms with Crippen LogP contribution in [0.15, 0.2) is 24.3 Å². The minimum atomic E-state index is 0.207. The van der Waals surface area contributed by atoms with Crippen LogP contribution in [0.5, 0.6) is 11.5 Å². The highest BCUT2D eigenvalue weighted by molar-refractivity contribution is 9.09. The van der Waals surface area contributed by atoms with Crippen molar-refractivity contribution in [2.45, 2.75) is 32.1 Å². The number of rotatable bonds is 14. The smallest absolute Gasteiger partial charge is 0.188 e. The summed E-state index contributed by atoms with van der Waals surface area (Å²) in [6.07, 6.45) is 10.0. The minimum absolute atomic E-state index is 0.207. The molecule has 0 N–H and O–H groups in total. The zero-order valence-electron chi connectivity index (χ0n) is 14.8. The molecule has 0 fully saturated rings. The van der Waals surface area contributed by atoms with Gasteiger partial charge in [-0.2, -0.15) is 0 Å². The SMILES string of the molecule is COCOc1ccc(/C=C/CCOCCCCCCBr)cc1OC. The molecule has 0 spiro atoms. The van der Waals surface area contributed by atoms with Crippen LogP contribution in [0.2, 0.25) is 0 Å². The van der Waals surface area contributed by atoms with Crippen molar-refractivity contribution in [3.8, 4) is 11.5 Å². The van der Waals surface area contributed by atoms with Gasteiger partial charge in [0.2, 0.25) is 0 Å². The van der Waals surface area contributed by atoms with Crippen LogP contribution in [0.3, 0.4) is 0 Å². The van der Waals surface area contributed by atoms with Crippen LogP contribution < -0.4 is 9.47 Å². The van der Waals surface area contributed by atoms with Crippen molar-refractivity contribution in [2.75, 3.05) is 39.6 Å². The van der Waals surface area contributed by atoms with E-state index in [0.717, 1.165) is 36.9 Å². The lowest BCUT2D eigenvalue weighted by molar-refractivity contribution is 0.0491. The van der Waals surface area contributed by atoms with E-state index < -0.39 is 0 Å². The first-order chi connectivity index (χ1) is 11.8. The van der Waals surface area contributed by atoms with Gasteiger partial charge in [0.25, 0.3) is 0 Å². The van der Waals surface area contributed by atoms with Crippen molar-refractivity contribution in [1.82, 2.24) is 0 Å². The van der Waals surface area contributed by atoms with Crippen molar-refractivity contribution in [3.05, 3.63) is 29.8 Å². The summed E-state index contributed by atoms with van der Waals surface area (Å²) in [5, 5.41) is 1.10. The Labute approximate surface area is 154 Å². The van der Waals surface area contributed by atoms with E-state index in [-0.39, 0.29) is 6.79 Å². The Kier molecular flexibility index (Phi) is 12.5. The molecule has 0 aromatic heterocycles. The summed E-state index contributed by atoms with van der Waals surface area (Å²) in [6, 6.07) is 5.84. The molecule has 0 aliphatic heterocycles. The van der Waals surface area contributed by atoms with Crippen molar-refractivity contribution < 1.29 is 18.9 Å². The Morgan fingerprint density at radius 3 is 2.58 bits per heavy atom. The predicted molar refractivity (Wildman–Crippen MR) is 102 cm³/mol. The lowest BCUT2D eigenvalue weighted by atomic mass is 10.2. The van der Waals surface area contributed by atoms with Gasteiger partial charge in [-0.15, -0.1) is 0 Å². The van der Waals surface area contributed by atoms with Gasteiger partial charge in [-0.3, -0.25) is 0 Å². The molecule has 0 heterocycles. The number of halogens is 1. The molecule has 0 saturated carbocycles. The molecule has 0 amide bonds. The molecule has 1 aromatic rings. The Hall–Kier alpha value is -1.04. The van der Waals surface area contributed by atoms with E-state index in [0.29, 0.717) is 11.5 Å². The first-order valence-corrected chi connectivity index (χ1v) is 9.54. The first-order valence-electron chi connectivity index (χ1n) is 8.41. The molecule has 0 radical (unpaired) electrons. The molecule has 1 rings (SSSR count). The van der Waals surface area contributed by atoms with Crippen molar-refractivity contribution in [1.29, 1.82) is 0 Å². The van der Waals surface area contributed by atoms with Gasteiger partial charge in [-0.05, 0) is 37.0 Å². The van der Waals surface area contributed by atoms with Crippen LogP contribution >= 0.6 is 15.9 Å². The second-order valence-electron chi connectivity index (χ2n) is 5.37. The lowest BCUT2D eigenvalue weighted by Crippen LogP contribution is -2.00. The molecular weight excluding hydrogens is 372 g/mol. The number of benzene rings is 1. The molecule has 0 unspecified atom stereocenters. The van der Waals surface area contributed by atoms with Crippen molar-refractivity contribution in [3.63, 3.8) is 0 Å². The molecule has 0 atom stereocenters. The summed E-state index contributed by atoms with van der Waals surface area (Å²) in [6.45, 7) is 1.83. The van der Waals surface area contributed by atoms with Gasteiger partial charge in [0.1, 0.15) is 0 Å². The van der Waals surface area contributed by atoms with Crippen LogP contribution in [-0.4, -0.2) is 39.6 Å². The predicted octanol–water partition coefficient (Wildman–Crippen LogP) is 5.05. The van der Waals surface area contributed by atoms with E-state index in [2.05, 4.69) is 28.1 Å². The van der Waals surface area contributed by atoms with E-state index in [1.807, 2.05) is 18.2 Å². The molecule has 0 aliphatic rings. The average Bonchev–Trinajstić information content (AvgIpc) is 2.61. The Bertz CT molecular complexity index is 463. The third-order valence-electron chi connectivity index (χ3n) is 3.43. The number of methoxy groups -OCH3 is 2. The molecule has 0 aliphatic carbocycles. The maximum Gasteiger partial charge on any atom is 0.188 e. The summed E-state index contributed by atoms with van der Waals surface area (Å²) >= 11 is 3.44. The molecular formula is C19H29BrO4. The van der Waals surface area contributed by atoms with Crippen molar-refractivity contribution in [2.24, 2.45) is 0 Å². The van der Waals surface area contributed by atoms with E-state index >= 15 is 0 Å². The molecule has 24 heavy (non-hydrogen) atoms. The lowest BCUT2D eigenvalue weighted by Gasteiger charge is -2.10. The molecule has 4 nitrogen and oxygen atoms in total. The highest BCUT2D eigenvalue weighted by Gasteiger charge is 2.04. The second kappa shape index (κ2) is 14.3. The van der Waals surface area contributed by atoms with Gasteiger partial charge in [0.15, 0.2) is 18.3 Å². The zero-order valence-corrected chi connectivity index (χ0v) is 16.3. The second-order valence-corrected chi connectivity index (χ2v) is 6.16. The molecule has 5 heteroatoms. The highest BCUT2D eigenvalue weighted by atomic mass is 79.9. The van der Waals surface area contributed by atoms with Gasteiger partial charge in [0.05, 0.1) is 13.7 Å². The Morgan fingerprint density at radius 2 is 1.83 bits per heavy atom. The van der Waals surface area contributed by atoms with Gasteiger partial charge in [-0.1, -0.05) is 47.0 Å². The Morgan fingerprint density at radius 1 is 1.00 bits per heavy atom. The van der Waals surface area contributed by atoms with E-state index in [4.69, 9.17) is 18.9 Å². The fraction of sp³-hybridized carbons (Fsp3) is 0.579. The normalized spacial score (nSPS) is 11.1. The number of alkyl halides is 1. The van der Waals surface area contributed by atoms with Crippen molar-refractivity contribution >= 4 is 22.0 Å². The first kappa shape index (κ1) is 21.0. The summed E-state index contributed by atoms with van der Waals surface area (Å²) in [7, 11) is 3.23. The number of hydrogen-bond donors (Lipinski definition) is 0. The third kappa shape index (κ3) is 9.30. The molecule has 136 valence electrons. The number of ether oxygens (including phenoxy) is 4. The van der Waals surface area contributed by atoms with Crippen LogP contribution in [0.4, 0.5) is 0 Å². The number of hydrogen-bond acceptors (Lipinski definition) is 4. The van der Waals surface area contributed by atoms with Crippen LogP contribution in [0.25, 0.3) is 6.08 Å².